The third kappa shape index (κ3) is 3.50. The Morgan fingerprint density at radius 2 is 2.33 bits per heavy atom. The molecule has 0 bridgehead atoms. The first kappa shape index (κ1) is 13.4. The number of hydrogen-bond acceptors (Lipinski definition) is 4. The Kier molecular flexibility index (Phi) is 4.67. The lowest BCUT2D eigenvalue weighted by atomic mass is 10.3. The summed E-state index contributed by atoms with van der Waals surface area (Å²) in [6.07, 6.45) is 0.710. The second kappa shape index (κ2) is 6.26. The maximum atomic E-state index is 11.9. The van der Waals surface area contributed by atoms with E-state index in [1.165, 1.54) is 11.3 Å². The average Bonchev–Trinajstić information content (AvgIpc) is 2.78. The number of amides is 1. The molecule has 0 spiro atoms. The number of nitrogens with zero attached hydrogens (tertiary/aromatic N) is 1. The van der Waals surface area contributed by atoms with Crippen LogP contribution in [0.3, 0.4) is 0 Å². The summed E-state index contributed by atoms with van der Waals surface area (Å²) in [7, 11) is 0. The smallest absolute Gasteiger partial charge is 0.275 e. The zero-order valence-electron chi connectivity index (χ0n) is 9.52. The van der Waals surface area contributed by atoms with Gasteiger partial charge in [0.1, 0.15) is 5.69 Å². The van der Waals surface area contributed by atoms with Crippen molar-refractivity contribution < 1.29 is 4.79 Å². The molecular formula is C12H12IN3OS. The highest BCUT2D eigenvalue weighted by Gasteiger charge is 2.10. The van der Waals surface area contributed by atoms with Crippen molar-refractivity contribution in [3.8, 4) is 0 Å². The van der Waals surface area contributed by atoms with Gasteiger partial charge in [0, 0.05) is 21.1 Å². The molecule has 0 saturated carbocycles. The summed E-state index contributed by atoms with van der Waals surface area (Å²) < 4.78 is 1.08. The van der Waals surface area contributed by atoms with Gasteiger partial charge in [-0.2, -0.15) is 0 Å². The molecule has 0 aliphatic heterocycles. The van der Waals surface area contributed by atoms with E-state index in [9.17, 15) is 4.79 Å². The Bertz CT molecular complexity index is 556. The SMILES string of the molecule is NCCc1nc(C(=O)Nc2cccc(I)c2)cs1. The lowest BCUT2D eigenvalue weighted by Crippen LogP contribution is -2.12. The first-order chi connectivity index (χ1) is 8.69. The highest BCUT2D eigenvalue weighted by Crippen LogP contribution is 2.15. The van der Waals surface area contributed by atoms with E-state index in [0.717, 1.165) is 14.3 Å². The summed E-state index contributed by atoms with van der Waals surface area (Å²) in [4.78, 5) is 16.2. The molecule has 0 atom stereocenters. The third-order valence-corrected chi connectivity index (χ3v) is 3.80. The van der Waals surface area contributed by atoms with Gasteiger partial charge in [0.25, 0.3) is 5.91 Å². The van der Waals surface area contributed by atoms with Crippen LogP contribution in [-0.2, 0) is 6.42 Å². The van der Waals surface area contributed by atoms with Crippen molar-refractivity contribution >= 4 is 45.5 Å². The number of hydrogen-bond donors (Lipinski definition) is 2. The standard InChI is InChI=1S/C12H12IN3OS/c13-8-2-1-3-9(6-8)15-12(17)10-7-18-11(16-10)4-5-14/h1-3,6-7H,4-5,14H2,(H,15,17). The fourth-order valence-electron chi connectivity index (χ4n) is 1.41. The molecule has 1 heterocycles. The third-order valence-electron chi connectivity index (χ3n) is 2.23. The molecular weight excluding hydrogens is 361 g/mol. The van der Waals surface area contributed by atoms with Gasteiger partial charge >= 0.3 is 0 Å². The summed E-state index contributed by atoms with van der Waals surface area (Å²) >= 11 is 3.67. The van der Waals surface area contributed by atoms with Gasteiger partial charge < -0.3 is 11.1 Å². The quantitative estimate of drug-likeness (QED) is 0.810. The van der Waals surface area contributed by atoms with Crippen LogP contribution < -0.4 is 11.1 Å². The molecule has 0 saturated heterocycles. The van der Waals surface area contributed by atoms with E-state index in [0.29, 0.717) is 18.7 Å². The van der Waals surface area contributed by atoms with Gasteiger partial charge in [0.05, 0.1) is 5.01 Å². The van der Waals surface area contributed by atoms with Gasteiger partial charge in [-0.3, -0.25) is 4.79 Å². The van der Waals surface area contributed by atoms with E-state index in [-0.39, 0.29) is 5.91 Å². The number of carbonyl (C=O) groups excluding carboxylic acids is 1. The molecule has 0 aliphatic rings. The number of rotatable bonds is 4. The molecule has 4 nitrogen and oxygen atoms in total. The number of halogens is 1. The Balaban J connectivity index is 2.07. The van der Waals surface area contributed by atoms with Crippen molar-refractivity contribution in [3.63, 3.8) is 0 Å². The molecule has 94 valence electrons. The predicted molar refractivity (Wildman–Crippen MR) is 82.0 cm³/mol. The summed E-state index contributed by atoms with van der Waals surface area (Å²) in [5, 5.41) is 5.48. The van der Waals surface area contributed by atoms with E-state index in [4.69, 9.17) is 5.73 Å². The van der Waals surface area contributed by atoms with Crippen molar-refractivity contribution in [2.75, 3.05) is 11.9 Å². The molecule has 1 aromatic heterocycles. The minimum atomic E-state index is -0.184. The van der Waals surface area contributed by atoms with Crippen LogP contribution in [0.1, 0.15) is 15.5 Å². The molecule has 0 unspecified atom stereocenters. The molecule has 1 aromatic carbocycles. The van der Waals surface area contributed by atoms with Crippen LogP contribution in [0.5, 0.6) is 0 Å². The Labute approximate surface area is 123 Å². The fourth-order valence-corrected chi connectivity index (χ4v) is 2.75. The van der Waals surface area contributed by atoms with Gasteiger partial charge in [0.15, 0.2) is 0 Å². The number of nitrogens with one attached hydrogen (secondary N) is 1. The van der Waals surface area contributed by atoms with E-state index in [1.54, 1.807) is 5.38 Å². The topological polar surface area (TPSA) is 68.0 Å². The normalized spacial score (nSPS) is 10.3. The second-order valence-electron chi connectivity index (χ2n) is 3.63. The zero-order chi connectivity index (χ0) is 13.0. The number of thiazole rings is 1. The van der Waals surface area contributed by atoms with Crippen LogP contribution in [0.4, 0.5) is 5.69 Å². The number of aromatic nitrogens is 1. The average molecular weight is 373 g/mol. The van der Waals surface area contributed by atoms with Gasteiger partial charge in [0.2, 0.25) is 0 Å². The first-order valence-corrected chi connectivity index (χ1v) is 7.36. The van der Waals surface area contributed by atoms with Gasteiger partial charge in [-0.15, -0.1) is 11.3 Å². The van der Waals surface area contributed by atoms with E-state index >= 15 is 0 Å². The number of anilines is 1. The molecule has 2 rings (SSSR count). The van der Waals surface area contributed by atoms with Crippen molar-refractivity contribution in [2.45, 2.75) is 6.42 Å². The molecule has 0 radical (unpaired) electrons. The largest absolute Gasteiger partial charge is 0.330 e. The summed E-state index contributed by atoms with van der Waals surface area (Å²) in [5.74, 6) is -0.184. The maximum Gasteiger partial charge on any atom is 0.275 e. The maximum absolute atomic E-state index is 11.9. The van der Waals surface area contributed by atoms with E-state index in [2.05, 4.69) is 32.9 Å². The number of benzene rings is 1. The second-order valence-corrected chi connectivity index (χ2v) is 5.82. The van der Waals surface area contributed by atoms with Gasteiger partial charge in [-0.25, -0.2) is 4.98 Å². The molecule has 6 heteroatoms. The monoisotopic (exact) mass is 373 g/mol. The Morgan fingerprint density at radius 3 is 3.06 bits per heavy atom. The Morgan fingerprint density at radius 1 is 1.50 bits per heavy atom. The highest BCUT2D eigenvalue weighted by atomic mass is 127. The fraction of sp³-hybridized carbons (Fsp3) is 0.167. The van der Waals surface area contributed by atoms with Crippen LogP contribution in [0.15, 0.2) is 29.6 Å². The van der Waals surface area contributed by atoms with Crippen LogP contribution in [-0.4, -0.2) is 17.4 Å². The number of carbonyl (C=O) groups is 1. The predicted octanol–water partition coefficient (Wildman–Crippen LogP) is 2.50. The molecule has 0 aliphatic carbocycles. The van der Waals surface area contributed by atoms with Gasteiger partial charge in [-0.05, 0) is 47.3 Å². The van der Waals surface area contributed by atoms with Crippen LogP contribution in [0, 0.1) is 3.57 Å². The lowest BCUT2D eigenvalue weighted by molar-refractivity contribution is 0.102. The summed E-state index contributed by atoms with van der Waals surface area (Å²) in [6, 6.07) is 7.63. The van der Waals surface area contributed by atoms with Crippen molar-refractivity contribution in [1.29, 1.82) is 0 Å². The van der Waals surface area contributed by atoms with Crippen LogP contribution in [0.25, 0.3) is 0 Å². The summed E-state index contributed by atoms with van der Waals surface area (Å²) in [6.45, 7) is 0.547. The lowest BCUT2D eigenvalue weighted by Gasteiger charge is -2.03. The minimum Gasteiger partial charge on any atom is -0.330 e. The highest BCUT2D eigenvalue weighted by molar-refractivity contribution is 14.1. The Hall–Kier alpha value is -0.990. The molecule has 3 N–H and O–H groups in total. The number of nitrogens with two attached hydrogens (primary N) is 1. The van der Waals surface area contributed by atoms with E-state index in [1.807, 2.05) is 24.3 Å². The molecule has 1 amide bonds. The molecule has 2 aromatic rings. The minimum absolute atomic E-state index is 0.184. The zero-order valence-corrected chi connectivity index (χ0v) is 12.5. The van der Waals surface area contributed by atoms with Crippen LogP contribution >= 0.6 is 33.9 Å². The molecule has 18 heavy (non-hydrogen) atoms. The first-order valence-electron chi connectivity index (χ1n) is 5.40. The van der Waals surface area contributed by atoms with E-state index < -0.39 is 0 Å². The van der Waals surface area contributed by atoms with Crippen molar-refractivity contribution in [3.05, 3.63) is 43.9 Å². The summed E-state index contributed by atoms with van der Waals surface area (Å²) in [5.41, 5.74) is 6.68. The van der Waals surface area contributed by atoms with Crippen molar-refractivity contribution in [1.82, 2.24) is 4.98 Å². The molecule has 0 fully saturated rings. The van der Waals surface area contributed by atoms with Crippen LogP contribution in [0.2, 0.25) is 0 Å². The van der Waals surface area contributed by atoms with Gasteiger partial charge in [-0.1, -0.05) is 6.07 Å². The van der Waals surface area contributed by atoms with Crippen molar-refractivity contribution in [2.24, 2.45) is 5.73 Å².